The minimum atomic E-state index is -0.382. The molecule has 0 N–H and O–H groups in total. The summed E-state index contributed by atoms with van der Waals surface area (Å²) < 4.78 is 0. The van der Waals surface area contributed by atoms with Crippen LogP contribution in [0.4, 0.5) is 0 Å². The Hall–Kier alpha value is -0.790. The summed E-state index contributed by atoms with van der Waals surface area (Å²) in [6.45, 7) is 17.0. The molecule has 1 aliphatic rings. The lowest BCUT2D eigenvalue weighted by molar-refractivity contribution is -0.123. The monoisotopic (exact) mass is 237 g/mol. The fourth-order valence-electron chi connectivity index (χ4n) is 3.06. The molecule has 2 nitrogen and oxygen atoms in total. The number of hydrogen-bond acceptors (Lipinski definition) is 2. The van der Waals surface area contributed by atoms with E-state index in [0.717, 1.165) is 5.57 Å². The molecule has 0 aromatic heterocycles. The average Bonchev–Trinajstić information content (AvgIpc) is 2.34. The van der Waals surface area contributed by atoms with Crippen molar-refractivity contribution >= 4 is 5.78 Å². The summed E-state index contributed by atoms with van der Waals surface area (Å²) in [5.41, 5.74) is 1.91. The number of carbonyl (C=O) groups excluding carboxylic acids is 1. The molecule has 0 spiro atoms. The lowest BCUT2D eigenvalue weighted by Crippen LogP contribution is -2.48. The molecule has 0 aliphatic carbocycles. The van der Waals surface area contributed by atoms with Gasteiger partial charge in [0.05, 0.1) is 5.54 Å². The van der Waals surface area contributed by atoms with E-state index in [9.17, 15) is 4.79 Å². The Morgan fingerprint density at radius 3 is 1.71 bits per heavy atom. The standard InChI is InChI=1S/C15H27NO/c1-9(2)12-13(10(3)4)16(11(5)6)15(7,8)14(12)17/h9-11H,1-8H3. The smallest absolute Gasteiger partial charge is 0.185 e. The van der Waals surface area contributed by atoms with E-state index in [1.165, 1.54) is 5.70 Å². The van der Waals surface area contributed by atoms with Gasteiger partial charge in [-0.2, -0.15) is 0 Å². The van der Waals surface area contributed by atoms with E-state index in [0.29, 0.717) is 23.7 Å². The van der Waals surface area contributed by atoms with Crippen LogP contribution in [0.1, 0.15) is 55.4 Å². The van der Waals surface area contributed by atoms with E-state index in [4.69, 9.17) is 0 Å². The Morgan fingerprint density at radius 1 is 0.941 bits per heavy atom. The van der Waals surface area contributed by atoms with E-state index in [1.54, 1.807) is 0 Å². The number of rotatable bonds is 3. The molecular weight excluding hydrogens is 210 g/mol. The fraction of sp³-hybridized carbons (Fsp3) is 0.800. The molecule has 1 rings (SSSR count). The van der Waals surface area contributed by atoms with Crippen LogP contribution >= 0.6 is 0 Å². The van der Waals surface area contributed by atoms with Gasteiger partial charge >= 0.3 is 0 Å². The van der Waals surface area contributed by atoms with Crippen molar-refractivity contribution in [1.82, 2.24) is 4.90 Å². The Morgan fingerprint density at radius 2 is 1.41 bits per heavy atom. The normalized spacial score (nSPS) is 20.4. The second kappa shape index (κ2) is 4.47. The molecule has 0 amide bonds. The first-order chi connectivity index (χ1) is 7.62. The van der Waals surface area contributed by atoms with Crippen LogP contribution in [0.25, 0.3) is 0 Å². The van der Waals surface area contributed by atoms with Crippen LogP contribution in [0.3, 0.4) is 0 Å². The van der Waals surface area contributed by atoms with Crippen LogP contribution in [0, 0.1) is 11.8 Å². The topological polar surface area (TPSA) is 20.3 Å². The summed E-state index contributed by atoms with van der Waals surface area (Å²) in [6.07, 6.45) is 0. The van der Waals surface area contributed by atoms with E-state index in [-0.39, 0.29) is 5.54 Å². The van der Waals surface area contributed by atoms with Crippen LogP contribution in [0.5, 0.6) is 0 Å². The van der Waals surface area contributed by atoms with Crippen molar-refractivity contribution in [2.75, 3.05) is 0 Å². The minimum absolute atomic E-state index is 0.308. The van der Waals surface area contributed by atoms with Crippen molar-refractivity contribution < 1.29 is 4.79 Å². The molecule has 2 heteroatoms. The van der Waals surface area contributed by atoms with E-state index in [2.05, 4.69) is 46.4 Å². The molecule has 0 radical (unpaired) electrons. The third-order valence-corrected chi connectivity index (χ3v) is 3.58. The highest BCUT2D eigenvalue weighted by Gasteiger charge is 2.47. The molecule has 0 atom stereocenters. The highest BCUT2D eigenvalue weighted by Crippen LogP contribution is 2.41. The number of allylic oxidation sites excluding steroid dienone is 1. The zero-order valence-corrected chi connectivity index (χ0v) is 12.6. The molecule has 98 valence electrons. The highest BCUT2D eigenvalue weighted by atomic mass is 16.1. The Kier molecular flexibility index (Phi) is 3.75. The fourth-order valence-corrected chi connectivity index (χ4v) is 3.06. The van der Waals surface area contributed by atoms with Gasteiger partial charge in [-0.3, -0.25) is 4.79 Å². The van der Waals surface area contributed by atoms with Gasteiger partial charge in [-0.05, 0) is 39.5 Å². The number of nitrogens with zero attached hydrogens (tertiary/aromatic N) is 1. The highest BCUT2D eigenvalue weighted by molar-refractivity contribution is 6.05. The Labute approximate surface area is 106 Å². The molecule has 0 saturated heterocycles. The van der Waals surface area contributed by atoms with Crippen molar-refractivity contribution in [3.05, 3.63) is 11.3 Å². The maximum absolute atomic E-state index is 12.6. The Bertz CT molecular complexity index is 348. The summed E-state index contributed by atoms with van der Waals surface area (Å²) >= 11 is 0. The van der Waals surface area contributed by atoms with Gasteiger partial charge in [-0.25, -0.2) is 0 Å². The summed E-state index contributed by atoms with van der Waals surface area (Å²) in [5.74, 6) is 1.02. The quantitative estimate of drug-likeness (QED) is 0.747. The second-order valence-electron chi connectivity index (χ2n) is 6.46. The van der Waals surface area contributed by atoms with Crippen molar-refractivity contribution in [3.8, 4) is 0 Å². The van der Waals surface area contributed by atoms with E-state index < -0.39 is 0 Å². The van der Waals surface area contributed by atoms with Gasteiger partial charge in [0.2, 0.25) is 0 Å². The first-order valence-electron chi connectivity index (χ1n) is 6.70. The molecule has 0 aromatic carbocycles. The number of hydrogen-bond donors (Lipinski definition) is 0. The Balaban J connectivity index is 3.42. The van der Waals surface area contributed by atoms with Crippen LogP contribution in [0.2, 0.25) is 0 Å². The van der Waals surface area contributed by atoms with Crippen LogP contribution < -0.4 is 0 Å². The zero-order valence-electron chi connectivity index (χ0n) is 12.6. The van der Waals surface area contributed by atoms with Crippen LogP contribution in [-0.4, -0.2) is 22.3 Å². The lowest BCUT2D eigenvalue weighted by Gasteiger charge is -2.39. The number of Topliss-reactive ketones (excluding diaryl/α,β-unsaturated/α-hetero) is 1. The summed E-state index contributed by atoms with van der Waals surface area (Å²) in [7, 11) is 0. The summed E-state index contributed by atoms with van der Waals surface area (Å²) in [5, 5.41) is 0. The molecule has 0 unspecified atom stereocenters. The molecule has 0 bridgehead atoms. The molecule has 0 fully saturated rings. The minimum Gasteiger partial charge on any atom is -0.359 e. The van der Waals surface area contributed by atoms with Crippen LogP contribution in [-0.2, 0) is 4.79 Å². The first-order valence-corrected chi connectivity index (χ1v) is 6.70. The van der Waals surface area contributed by atoms with Crippen molar-refractivity contribution in [2.24, 2.45) is 11.8 Å². The zero-order chi connectivity index (χ0) is 13.5. The first kappa shape index (κ1) is 14.3. The van der Waals surface area contributed by atoms with Gasteiger partial charge in [0.25, 0.3) is 0 Å². The van der Waals surface area contributed by atoms with Gasteiger partial charge in [-0.15, -0.1) is 0 Å². The van der Waals surface area contributed by atoms with Crippen LogP contribution in [0.15, 0.2) is 11.3 Å². The van der Waals surface area contributed by atoms with Crippen molar-refractivity contribution in [1.29, 1.82) is 0 Å². The largest absolute Gasteiger partial charge is 0.359 e. The van der Waals surface area contributed by atoms with Crippen molar-refractivity contribution in [3.63, 3.8) is 0 Å². The van der Waals surface area contributed by atoms with Gasteiger partial charge in [0.1, 0.15) is 0 Å². The average molecular weight is 237 g/mol. The third-order valence-electron chi connectivity index (χ3n) is 3.58. The van der Waals surface area contributed by atoms with Gasteiger partial charge in [0, 0.05) is 17.3 Å². The van der Waals surface area contributed by atoms with Gasteiger partial charge < -0.3 is 4.90 Å². The predicted molar refractivity (Wildman–Crippen MR) is 72.8 cm³/mol. The molecule has 1 heterocycles. The summed E-state index contributed by atoms with van der Waals surface area (Å²) in [6, 6.07) is 0.364. The van der Waals surface area contributed by atoms with Crippen molar-refractivity contribution in [2.45, 2.75) is 67.0 Å². The SMILES string of the molecule is CC(C)C1=C(C(C)C)N(C(C)C)C(C)(C)C1=O. The number of ketones is 1. The van der Waals surface area contributed by atoms with E-state index in [1.807, 2.05) is 13.8 Å². The second-order valence-corrected chi connectivity index (χ2v) is 6.46. The molecular formula is C15H27NO. The number of carbonyl (C=O) groups is 1. The maximum Gasteiger partial charge on any atom is 0.185 e. The van der Waals surface area contributed by atoms with Gasteiger partial charge in [0.15, 0.2) is 5.78 Å². The molecule has 1 aliphatic heterocycles. The maximum atomic E-state index is 12.6. The third kappa shape index (κ3) is 2.14. The molecule has 0 aromatic rings. The van der Waals surface area contributed by atoms with Gasteiger partial charge in [-0.1, -0.05) is 27.7 Å². The lowest BCUT2D eigenvalue weighted by atomic mass is 9.89. The summed E-state index contributed by atoms with van der Waals surface area (Å²) in [4.78, 5) is 14.9. The molecule has 17 heavy (non-hydrogen) atoms. The predicted octanol–water partition coefficient (Wildman–Crippen LogP) is 3.62. The molecule has 0 saturated carbocycles. The van der Waals surface area contributed by atoms with E-state index >= 15 is 0 Å².